The van der Waals surface area contributed by atoms with Gasteiger partial charge in [-0.1, -0.05) is 35.9 Å². The van der Waals surface area contributed by atoms with Crippen molar-refractivity contribution in [1.29, 1.82) is 0 Å². The molecule has 0 fully saturated rings. The van der Waals surface area contributed by atoms with Crippen LogP contribution in [0.2, 0.25) is 5.02 Å². The largest absolute Gasteiger partial charge is 0.489 e. The minimum atomic E-state index is 0.457. The maximum absolute atomic E-state index is 5.88. The van der Waals surface area contributed by atoms with Gasteiger partial charge in [-0.3, -0.25) is 5.10 Å². The van der Waals surface area contributed by atoms with Gasteiger partial charge in [0.25, 0.3) is 0 Å². The molecule has 24 heavy (non-hydrogen) atoms. The molecule has 0 aliphatic carbocycles. The van der Waals surface area contributed by atoms with E-state index in [1.807, 2.05) is 55.5 Å². The van der Waals surface area contributed by atoms with Crippen LogP contribution in [0.4, 0.5) is 0 Å². The van der Waals surface area contributed by atoms with Gasteiger partial charge in [0.1, 0.15) is 18.2 Å². The number of nitrogens with one attached hydrogen (secondary N) is 1. The third kappa shape index (κ3) is 4.10. The van der Waals surface area contributed by atoms with E-state index in [1.54, 1.807) is 10.9 Å². The molecule has 2 aromatic carbocycles. The number of halogens is 1. The van der Waals surface area contributed by atoms with Crippen molar-refractivity contribution in [3.63, 3.8) is 0 Å². The highest BCUT2D eigenvalue weighted by atomic mass is 35.5. The summed E-state index contributed by atoms with van der Waals surface area (Å²) in [5.74, 6) is 1.47. The zero-order valence-electron chi connectivity index (χ0n) is 12.9. The van der Waals surface area contributed by atoms with Gasteiger partial charge in [0.2, 0.25) is 4.77 Å². The maximum Gasteiger partial charge on any atom is 0.216 e. The van der Waals surface area contributed by atoms with Gasteiger partial charge in [0, 0.05) is 5.02 Å². The van der Waals surface area contributed by atoms with Crippen molar-refractivity contribution in [3.05, 3.63) is 75.3 Å². The summed E-state index contributed by atoms with van der Waals surface area (Å²) in [6, 6.07) is 15.3. The van der Waals surface area contributed by atoms with Crippen molar-refractivity contribution in [2.24, 2.45) is 5.10 Å². The minimum Gasteiger partial charge on any atom is -0.489 e. The summed E-state index contributed by atoms with van der Waals surface area (Å²) in [7, 11) is 0. The van der Waals surface area contributed by atoms with Crippen LogP contribution in [0.3, 0.4) is 0 Å². The van der Waals surface area contributed by atoms with Crippen LogP contribution in [-0.4, -0.2) is 21.1 Å². The standard InChI is InChI=1S/C17H15ClN4OS/c1-12-20-21-17(24)22(12)19-10-14-3-2-4-16(9-14)23-11-13-5-7-15(18)8-6-13/h2-10H,11H2,1H3,(H,21,24)/b19-10-. The van der Waals surface area contributed by atoms with E-state index >= 15 is 0 Å². The van der Waals surface area contributed by atoms with E-state index in [0.717, 1.165) is 16.9 Å². The van der Waals surface area contributed by atoms with Gasteiger partial charge in [-0.2, -0.15) is 14.9 Å². The van der Waals surface area contributed by atoms with Crippen molar-refractivity contribution in [2.75, 3.05) is 0 Å². The van der Waals surface area contributed by atoms with E-state index in [2.05, 4.69) is 15.3 Å². The topological polar surface area (TPSA) is 55.2 Å². The molecule has 0 amide bonds. The van der Waals surface area contributed by atoms with E-state index in [4.69, 9.17) is 28.6 Å². The Balaban J connectivity index is 1.70. The van der Waals surface area contributed by atoms with Gasteiger partial charge in [-0.25, -0.2) is 0 Å². The number of nitrogens with zero attached hydrogens (tertiary/aromatic N) is 3. The first-order valence-electron chi connectivity index (χ1n) is 7.27. The van der Waals surface area contributed by atoms with Gasteiger partial charge in [-0.15, -0.1) is 0 Å². The predicted molar refractivity (Wildman–Crippen MR) is 97.4 cm³/mol. The summed E-state index contributed by atoms with van der Waals surface area (Å²) in [5.41, 5.74) is 1.96. The van der Waals surface area contributed by atoms with E-state index in [-0.39, 0.29) is 0 Å². The number of rotatable bonds is 5. The Bertz CT molecular complexity index is 915. The molecule has 3 aromatic rings. The molecule has 0 aliphatic heterocycles. The molecule has 0 saturated carbocycles. The molecule has 0 aliphatic rings. The van der Waals surface area contributed by atoms with Gasteiger partial charge in [0.15, 0.2) is 0 Å². The van der Waals surface area contributed by atoms with Crippen LogP contribution in [0.15, 0.2) is 53.6 Å². The zero-order valence-corrected chi connectivity index (χ0v) is 14.5. The Labute approximate surface area is 149 Å². The van der Waals surface area contributed by atoms with Crippen molar-refractivity contribution in [1.82, 2.24) is 14.9 Å². The SMILES string of the molecule is Cc1n[nH]c(=S)n1/N=C\c1cccc(OCc2ccc(Cl)cc2)c1. The van der Waals surface area contributed by atoms with Crippen LogP contribution in [-0.2, 0) is 6.61 Å². The fourth-order valence-corrected chi connectivity index (χ4v) is 2.41. The lowest BCUT2D eigenvalue weighted by molar-refractivity contribution is 0.306. The summed E-state index contributed by atoms with van der Waals surface area (Å²) >= 11 is 11.0. The van der Waals surface area contributed by atoms with Gasteiger partial charge >= 0.3 is 0 Å². The Morgan fingerprint density at radius 2 is 2.08 bits per heavy atom. The lowest BCUT2D eigenvalue weighted by atomic mass is 10.2. The van der Waals surface area contributed by atoms with Gasteiger partial charge in [0.05, 0.1) is 6.21 Å². The third-order valence-electron chi connectivity index (χ3n) is 3.31. The van der Waals surface area contributed by atoms with E-state index in [1.165, 1.54) is 0 Å². The molecule has 0 radical (unpaired) electrons. The Morgan fingerprint density at radius 1 is 1.29 bits per heavy atom. The molecule has 0 bridgehead atoms. The number of aromatic nitrogens is 3. The molecule has 1 aromatic heterocycles. The second-order valence-electron chi connectivity index (χ2n) is 5.12. The number of H-pyrrole nitrogens is 1. The zero-order chi connectivity index (χ0) is 16.9. The normalized spacial score (nSPS) is 11.1. The average molecular weight is 359 g/mol. The average Bonchev–Trinajstić information content (AvgIpc) is 2.91. The molecule has 122 valence electrons. The highest BCUT2D eigenvalue weighted by Gasteiger charge is 2.00. The van der Waals surface area contributed by atoms with Crippen LogP contribution >= 0.6 is 23.8 Å². The number of ether oxygens (including phenoxy) is 1. The van der Waals surface area contributed by atoms with Crippen LogP contribution in [0.1, 0.15) is 17.0 Å². The predicted octanol–water partition coefficient (Wildman–Crippen LogP) is 4.36. The summed E-state index contributed by atoms with van der Waals surface area (Å²) in [5, 5.41) is 11.7. The van der Waals surface area contributed by atoms with Crippen LogP contribution < -0.4 is 4.74 Å². The van der Waals surface area contributed by atoms with Gasteiger partial charge in [-0.05, 0) is 54.5 Å². The summed E-state index contributed by atoms with van der Waals surface area (Å²) < 4.78 is 7.83. The number of aromatic amines is 1. The maximum atomic E-state index is 5.88. The molecule has 5 nitrogen and oxygen atoms in total. The first kappa shape index (κ1) is 16.4. The quantitative estimate of drug-likeness (QED) is 0.544. The number of hydrogen-bond donors (Lipinski definition) is 1. The number of benzene rings is 2. The number of hydrogen-bond acceptors (Lipinski definition) is 4. The van der Waals surface area contributed by atoms with Crippen molar-refractivity contribution in [3.8, 4) is 5.75 Å². The lowest BCUT2D eigenvalue weighted by Gasteiger charge is -2.07. The van der Waals surface area contributed by atoms with Crippen molar-refractivity contribution < 1.29 is 4.74 Å². The molecule has 0 spiro atoms. The van der Waals surface area contributed by atoms with E-state index in [9.17, 15) is 0 Å². The Hall–Kier alpha value is -2.44. The lowest BCUT2D eigenvalue weighted by Crippen LogP contribution is -1.97. The first-order chi connectivity index (χ1) is 11.6. The molecular weight excluding hydrogens is 344 g/mol. The molecule has 0 saturated heterocycles. The van der Waals surface area contributed by atoms with Crippen LogP contribution in [0, 0.1) is 11.7 Å². The molecule has 0 unspecified atom stereocenters. The monoisotopic (exact) mass is 358 g/mol. The first-order valence-corrected chi connectivity index (χ1v) is 8.06. The van der Waals surface area contributed by atoms with Crippen LogP contribution in [0.5, 0.6) is 5.75 Å². The summed E-state index contributed by atoms with van der Waals surface area (Å²) in [6.45, 7) is 2.30. The molecule has 1 N–H and O–H groups in total. The third-order valence-corrected chi connectivity index (χ3v) is 3.83. The fourth-order valence-electron chi connectivity index (χ4n) is 2.06. The molecule has 0 atom stereocenters. The highest BCUT2D eigenvalue weighted by molar-refractivity contribution is 7.71. The van der Waals surface area contributed by atoms with E-state index in [0.29, 0.717) is 22.2 Å². The smallest absolute Gasteiger partial charge is 0.216 e. The molecule has 7 heteroatoms. The Morgan fingerprint density at radius 3 is 2.79 bits per heavy atom. The Kier molecular flexibility index (Phi) is 5.08. The summed E-state index contributed by atoms with van der Waals surface area (Å²) in [6.07, 6.45) is 1.72. The second-order valence-corrected chi connectivity index (χ2v) is 5.94. The fraction of sp³-hybridized carbons (Fsp3) is 0.118. The molecule has 3 rings (SSSR count). The minimum absolute atomic E-state index is 0.457. The summed E-state index contributed by atoms with van der Waals surface area (Å²) in [4.78, 5) is 0. The number of aryl methyl sites for hydroxylation is 1. The van der Waals surface area contributed by atoms with Crippen molar-refractivity contribution in [2.45, 2.75) is 13.5 Å². The molecular formula is C17H15ClN4OS. The second kappa shape index (κ2) is 7.42. The van der Waals surface area contributed by atoms with Crippen LogP contribution in [0.25, 0.3) is 0 Å². The molecule has 1 heterocycles. The highest BCUT2D eigenvalue weighted by Crippen LogP contribution is 2.16. The van der Waals surface area contributed by atoms with Gasteiger partial charge < -0.3 is 4.74 Å². The van der Waals surface area contributed by atoms with Crippen molar-refractivity contribution >= 4 is 30.0 Å². The van der Waals surface area contributed by atoms with E-state index < -0.39 is 0 Å².